The maximum Gasteiger partial charge on any atom is 0.216 e. The summed E-state index contributed by atoms with van der Waals surface area (Å²) in [5.41, 5.74) is 2.96. The van der Waals surface area contributed by atoms with Crippen molar-refractivity contribution < 1.29 is 14.3 Å². The van der Waals surface area contributed by atoms with E-state index in [1.165, 1.54) is 0 Å². The van der Waals surface area contributed by atoms with E-state index in [1.54, 1.807) is 6.92 Å². The smallest absolute Gasteiger partial charge is 0.216 e. The zero-order chi connectivity index (χ0) is 19.5. The molecule has 1 N–H and O–H groups in total. The molecule has 0 radical (unpaired) electrons. The van der Waals surface area contributed by atoms with E-state index >= 15 is 0 Å². The number of rotatable bonds is 12. The molecule has 0 aliphatic carbocycles. The second-order valence-electron chi connectivity index (χ2n) is 6.83. The summed E-state index contributed by atoms with van der Waals surface area (Å²) in [6, 6.07) is 8.11. The third kappa shape index (κ3) is 6.83. The lowest BCUT2D eigenvalue weighted by atomic mass is 10.1. The Morgan fingerprint density at radius 2 is 1.93 bits per heavy atom. The number of benzene rings is 1. The highest BCUT2D eigenvalue weighted by atomic mass is 16.5. The van der Waals surface area contributed by atoms with Gasteiger partial charge < -0.3 is 14.8 Å². The molecule has 0 aliphatic rings. The number of pyridine rings is 1. The van der Waals surface area contributed by atoms with Crippen molar-refractivity contribution in [1.82, 2.24) is 10.3 Å². The second kappa shape index (κ2) is 11.5. The lowest BCUT2D eigenvalue weighted by Gasteiger charge is -2.15. The molecule has 0 atom stereocenters. The molecular weight excluding hydrogens is 340 g/mol. The van der Waals surface area contributed by atoms with Crippen LogP contribution in [-0.4, -0.2) is 30.6 Å². The van der Waals surface area contributed by atoms with Gasteiger partial charge in [-0.2, -0.15) is 0 Å². The number of hydrogen-bond acceptors (Lipinski definition) is 4. The zero-order valence-corrected chi connectivity index (χ0v) is 16.8. The predicted octanol–water partition coefficient (Wildman–Crippen LogP) is 4.55. The minimum absolute atomic E-state index is 0.0288. The van der Waals surface area contributed by atoms with Crippen molar-refractivity contribution in [2.45, 2.75) is 59.5 Å². The number of ether oxygens (including phenoxy) is 2. The fourth-order valence-corrected chi connectivity index (χ4v) is 2.91. The van der Waals surface area contributed by atoms with Gasteiger partial charge in [0.1, 0.15) is 5.75 Å². The number of amides is 1. The monoisotopic (exact) mass is 372 g/mol. The van der Waals surface area contributed by atoms with Gasteiger partial charge in [0.15, 0.2) is 0 Å². The molecular formula is C22H32N2O3. The molecule has 5 heteroatoms. The molecule has 1 amide bonds. The molecule has 0 fully saturated rings. The maximum absolute atomic E-state index is 10.8. The van der Waals surface area contributed by atoms with Crippen LogP contribution in [0.15, 0.2) is 24.3 Å². The molecule has 1 aromatic heterocycles. The molecule has 0 aliphatic heterocycles. The molecule has 148 valence electrons. The van der Waals surface area contributed by atoms with Crippen molar-refractivity contribution in [2.75, 3.05) is 19.8 Å². The minimum atomic E-state index is 0.0288. The highest BCUT2D eigenvalue weighted by Gasteiger charge is 2.13. The molecule has 1 heterocycles. The van der Waals surface area contributed by atoms with E-state index < -0.39 is 0 Å². The fourth-order valence-electron chi connectivity index (χ4n) is 2.91. The van der Waals surface area contributed by atoms with E-state index in [9.17, 15) is 4.79 Å². The Labute approximate surface area is 162 Å². The summed E-state index contributed by atoms with van der Waals surface area (Å²) in [5, 5.41) is 3.87. The highest BCUT2D eigenvalue weighted by Crippen LogP contribution is 2.30. The average Bonchev–Trinajstić information content (AvgIpc) is 2.66. The summed E-state index contributed by atoms with van der Waals surface area (Å²) in [6.07, 6.45) is 5.15. The Morgan fingerprint density at radius 3 is 2.70 bits per heavy atom. The van der Waals surface area contributed by atoms with E-state index in [4.69, 9.17) is 14.5 Å². The van der Waals surface area contributed by atoms with Crippen molar-refractivity contribution in [3.05, 3.63) is 35.5 Å². The number of fused-ring (bicyclic) bond motifs is 1. The molecule has 27 heavy (non-hydrogen) atoms. The van der Waals surface area contributed by atoms with E-state index in [0.29, 0.717) is 13.2 Å². The Hall–Kier alpha value is -2.14. The van der Waals surface area contributed by atoms with Crippen LogP contribution in [0.1, 0.15) is 57.2 Å². The van der Waals surface area contributed by atoms with Crippen LogP contribution in [0.3, 0.4) is 0 Å². The number of para-hydroxylation sites is 1. The van der Waals surface area contributed by atoms with Crippen LogP contribution in [0.4, 0.5) is 0 Å². The minimum Gasteiger partial charge on any atom is -0.493 e. The number of carbonyl (C=O) groups excluding carboxylic acids is 1. The van der Waals surface area contributed by atoms with Crippen LogP contribution >= 0.6 is 0 Å². The van der Waals surface area contributed by atoms with Crippen LogP contribution < -0.4 is 10.1 Å². The largest absolute Gasteiger partial charge is 0.493 e. The van der Waals surface area contributed by atoms with Gasteiger partial charge >= 0.3 is 0 Å². The first-order chi connectivity index (χ1) is 13.1. The summed E-state index contributed by atoms with van der Waals surface area (Å²) < 4.78 is 11.9. The molecule has 1 aromatic carbocycles. The molecule has 5 nitrogen and oxygen atoms in total. The van der Waals surface area contributed by atoms with Crippen LogP contribution in [0.25, 0.3) is 10.9 Å². The van der Waals surface area contributed by atoms with E-state index in [0.717, 1.165) is 73.2 Å². The number of aromatic nitrogens is 1. The zero-order valence-electron chi connectivity index (χ0n) is 16.8. The van der Waals surface area contributed by atoms with Crippen LogP contribution in [0, 0.1) is 6.92 Å². The number of hydrogen-bond donors (Lipinski definition) is 1. The Bertz CT molecular complexity index is 731. The summed E-state index contributed by atoms with van der Waals surface area (Å²) in [6.45, 7) is 8.41. The van der Waals surface area contributed by atoms with Gasteiger partial charge in [0.25, 0.3) is 0 Å². The van der Waals surface area contributed by atoms with Gasteiger partial charge in [-0.05, 0) is 44.7 Å². The lowest BCUT2D eigenvalue weighted by molar-refractivity contribution is -0.118. The first kappa shape index (κ1) is 21.2. The van der Waals surface area contributed by atoms with Crippen molar-refractivity contribution in [3.63, 3.8) is 0 Å². The van der Waals surface area contributed by atoms with Gasteiger partial charge in [-0.3, -0.25) is 4.79 Å². The number of carbonyl (C=O) groups is 1. The Morgan fingerprint density at radius 1 is 1.11 bits per heavy atom. The van der Waals surface area contributed by atoms with E-state index in [-0.39, 0.29) is 5.91 Å². The van der Waals surface area contributed by atoms with Gasteiger partial charge in [-0.25, -0.2) is 4.98 Å². The number of nitrogens with one attached hydrogen (secondary N) is 1. The van der Waals surface area contributed by atoms with Gasteiger partial charge in [-0.15, -0.1) is 0 Å². The van der Waals surface area contributed by atoms with Crippen molar-refractivity contribution in [2.24, 2.45) is 0 Å². The topological polar surface area (TPSA) is 60.5 Å². The molecule has 0 unspecified atom stereocenters. The van der Waals surface area contributed by atoms with E-state index in [2.05, 4.69) is 25.2 Å². The standard InChI is InChI=1S/C22H32N2O3/c1-4-5-15-27-22-17(2)21(24-20-12-8-7-11-19(20)22)16-26-14-10-6-9-13-23-18(3)25/h7-8,11-12H,4-6,9-10,13-16H2,1-3H3,(H,23,25). The third-order valence-corrected chi connectivity index (χ3v) is 4.50. The van der Waals surface area contributed by atoms with Gasteiger partial charge in [-0.1, -0.05) is 25.5 Å². The quantitative estimate of drug-likeness (QED) is 0.556. The average molecular weight is 373 g/mol. The van der Waals surface area contributed by atoms with Crippen LogP contribution in [0.2, 0.25) is 0 Å². The molecule has 0 saturated heterocycles. The Kier molecular flexibility index (Phi) is 9.05. The van der Waals surface area contributed by atoms with Gasteiger partial charge in [0.05, 0.1) is 24.4 Å². The third-order valence-electron chi connectivity index (χ3n) is 4.50. The summed E-state index contributed by atoms with van der Waals surface area (Å²) in [4.78, 5) is 15.6. The molecule has 0 spiro atoms. The SMILES string of the molecule is CCCCOc1c(C)c(COCCCCCNC(C)=O)nc2ccccc12. The van der Waals surface area contributed by atoms with Crippen LogP contribution in [0.5, 0.6) is 5.75 Å². The molecule has 0 bridgehead atoms. The first-order valence-corrected chi connectivity index (χ1v) is 9.96. The Balaban J connectivity index is 1.91. The summed E-state index contributed by atoms with van der Waals surface area (Å²) >= 11 is 0. The van der Waals surface area contributed by atoms with Crippen molar-refractivity contribution in [3.8, 4) is 5.75 Å². The lowest BCUT2D eigenvalue weighted by Crippen LogP contribution is -2.20. The fraction of sp³-hybridized carbons (Fsp3) is 0.545. The molecule has 0 saturated carbocycles. The van der Waals surface area contributed by atoms with Crippen molar-refractivity contribution >= 4 is 16.8 Å². The van der Waals surface area contributed by atoms with Crippen LogP contribution in [-0.2, 0) is 16.1 Å². The first-order valence-electron chi connectivity index (χ1n) is 9.96. The second-order valence-corrected chi connectivity index (χ2v) is 6.83. The highest BCUT2D eigenvalue weighted by molar-refractivity contribution is 5.86. The predicted molar refractivity (Wildman–Crippen MR) is 109 cm³/mol. The molecule has 2 rings (SSSR count). The molecule has 2 aromatic rings. The van der Waals surface area contributed by atoms with Gasteiger partial charge in [0.2, 0.25) is 5.91 Å². The van der Waals surface area contributed by atoms with Crippen molar-refractivity contribution in [1.29, 1.82) is 0 Å². The normalized spacial score (nSPS) is 10.9. The number of nitrogens with zero attached hydrogens (tertiary/aromatic N) is 1. The number of unbranched alkanes of at least 4 members (excludes halogenated alkanes) is 3. The summed E-state index contributed by atoms with van der Waals surface area (Å²) in [7, 11) is 0. The van der Waals surface area contributed by atoms with E-state index in [1.807, 2.05) is 18.2 Å². The maximum atomic E-state index is 10.8. The summed E-state index contributed by atoms with van der Waals surface area (Å²) in [5.74, 6) is 0.962. The van der Waals surface area contributed by atoms with Gasteiger partial charge in [0, 0.05) is 31.0 Å².